The Morgan fingerprint density at radius 1 is 1.17 bits per heavy atom. The Balaban J connectivity index is 2.10. The van der Waals surface area contributed by atoms with E-state index in [2.05, 4.69) is 15.3 Å². The first-order valence-corrected chi connectivity index (χ1v) is 8.66. The summed E-state index contributed by atoms with van der Waals surface area (Å²) in [6, 6.07) is 9.65. The predicted molar refractivity (Wildman–Crippen MR) is 109 cm³/mol. The molecule has 29 heavy (non-hydrogen) atoms. The van der Waals surface area contributed by atoms with Crippen LogP contribution in [0, 0.1) is 14.9 Å². The van der Waals surface area contributed by atoms with E-state index in [1.165, 1.54) is 38.3 Å². The topological polar surface area (TPSA) is 117 Å². The number of nitrogens with one attached hydrogen (secondary N) is 1. The molecule has 0 unspecified atom stereocenters. The summed E-state index contributed by atoms with van der Waals surface area (Å²) < 4.78 is 17.6. The van der Waals surface area contributed by atoms with Gasteiger partial charge in [0, 0.05) is 11.6 Å². The molecule has 0 aliphatic carbocycles. The van der Waals surface area contributed by atoms with Gasteiger partial charge >= 0.3 is 0 Å². The number of aromatic nitrogens is 3. The van der Waals surface area contributed by atoms with E-state index in [0.717, 1.165) is 0 Å². The van der Waals surface area contributed by atoms with Gasteiger partial charge in [-0.2, -0.15) is 14.9 Å². The van der Waals surface area contributed by atoms with Gasteiger partial charge in [0.25, 0.3) is 5.69 Å². The third-order valence-electron chi connectivity index (χ3n) is 4.02. The first-order chi connectivity index (χ1) is 14.0. The van der Waals surface area contributed by atoms with Gasteiger partial charge in [0.2, 0.25) is 10.5 Å². The average Bonchev–Trinajstić information content (AvgIpc) is 3.11. The molecule has 1 heterocycles. The highest BCUT2D eigenvalue weighted by Crippen LogP contribution is 2.40. The Hall–Kier alpha value is -3.73. The average molecular weight is 415 g/mol. The van der Waals surface area contributed by atoms with Crippen molar-refractivity contribution in [1.82, 2.24) is 14.9 Å². The highest BCUT2D eigenvalue weighted by Gasteiger charge is 2.18. The normalized spacial score (nSPS) is 10.9. The molecule has 2 aromatic carbocycles. The van der Waals surface area contributed by atoms with E-state index in [4.69, 9.17) is 26.4 Å². The van der Waals surface area contributed by atoms with E-state index in [0.29, 0.717) is 34.2 Å². The summed E-state index contributed by atoms with van der Waals surface area (Å²) in [5, 5.41) is 22.4. The van der Waals surface area contributed by atoms with E-state index >= 15 is 0 Å². The SMILES string of the molecule is COc1cc(-c2n[nH]c(=S)n2/N=C\c2ccccc2[N+](=O)[O-])cc(OC)c1OC. The van der Waals surface area contributed by atoms with E-state index in [1.807, 2.05) is 0 Å². The van der Waals surface area contributed by atoms with Crippen LogP contribution < -0.4 is 14.2 Å². The van der Waals surface area contributed by atoms with Crippen LogP contribution in [-0.2, 0) is 0 Å². The van der Waals surface area contributed by atoms with Crippen molar-refractivity contribution in [1.29, 1.82) is 0 Å². The summed E-state index contributed by atoms with van der Waals surface area (Å²) in [5.74, 6) is 1.67. The van der Waals surface area contributed by atoms with Crippen LogP contribution >= 0.6 is 12.2 Å². The zero-order chi connectivity index (χ0) is 21.0. The number of benzene rings is 2. The summed E-state index contributed by atoms with van der Waals surface area (Å²) in [6.45, 7) is 0. The fourth-order valence-corrected chi connectivity index (χ4v) is 2.86. The smallest absolute Gasteiger partial charge is 0.278 e. The van der Waals surface area contributed by atoms with Crippen LogP contribution in [0.4, 0.5) is 5.69 Å². The number of H-pyrrole nitrogens is 1. The minimum atomic E-state index is -0.476. The van der Waals surface area contributed by atoms with Crippen molar-refractivity contribution in [3.8, 4) is 28.6 Å². The van der Waals surface area contributed by atoms with E-state index < -0.39 is 4.92 Å². The van der Waals surface area contributed by atoms with Crippen LogP contribution in [0.1, 0.15) is 5.56 Å². The van der Waals surface area contributed by atoms with Gasteiger partial charge in [-0.25, -0.2) is 5.10 Å². The molecule has 0 amide bonds. The van der Waals surface area contributed by atoms with Crippen LogP contribution in [0.15, 0.2) is 41.5 Å². The number of nitro groups is 1. The number of hydrogen-bond acceptors (Lipinski definition) is 8. The molecule has 0 saturated heterocycles. The molecular weight excluding hydrogens is 398 g/mol. The Bertz CT molecular complexity index is 1110. The molecule has 11 heteroatoms. The van der Waals surface area contributed by atoms with E-state index in [1.54, 1.807) is 30.3 Å². The number of ether oxygens (including phenoxy) is 3. The third kappa shape index (κ3) is 3.94. The van der Waals surface area contributed by atoms with Crippen LogP contribution in [-0.4, -0.2) is 47.3 Å². The molecule has 0 atom stereocenters. The maximum Gasteiger partial charge on any atom is 0.278 e. The molecule has 150 valence electrons. The van der Waals surface area contributed by atoms with Gasteiger partial charge in [0.1, 0.15) is 0 Å². The monoisotopic (exact) mass is 415 g/mol. The number of aromatic amines is 1. The maximum atomic E-state index is 11.2. The number of rotatable bonds is 7. The molecule has 3 rings (SSSR count). The van der Waals surface area contributed by atoms with Crippen LogP contribution in [0.3, 0.4) is 0 Å². The van der Waals surface area contributed by atoms with E-state index in [-0.39, 0.29) is 10.5 Å². The molecule has 0 fully saturated rings. The number of para-hydroxylation sites is 1. The predicted octanol–water partition coefficient (Wildman–Crippen LogP) is 3.42. The van der Waals surface area contributed by atoms with Crippen molar-refractivity contribution >= 4 is 24.1 Å². The van der Waals surface area contributed by atoms with Gasteiger partial charge < -0.3 is 14.2 Å². The molecule has 0 bridgehead atoms. The van der Waals surface area contributed by atoms with Crippen molar-refractivity contribution in [3.05, 3.63) is 56.8 Å². The van der Waals surface area contributed by atoms with Gasteiger partial charge in [0.05, 0.1) is 38.0 Å². The fraction of sp³-hybridized carbons (Fsp3) is 0.167. The number of hydrogen-bond donors (Lipinski definition) is 1. The molecule has 0 aliphatic heterocycles. The fourth-order valence-electron chi connectivity index (χ4n) is 2.68. The van der Waals surface area contributed by atoms with Crippen molar-refractivity contribution in [3.63, 3.8) is 0 Å². The zero-order valence-electron chi connectivity index (χ0n) is 15.8. The second-order valence-corrected chi connectivity index (χ2v) is 6.03. The summed E-state index contributed by atoms with van der Waals surface area (Å²) in [4.78, 5) is 10.7. The summed E-state index contributed by atoms with van der Waals surface area (Å²) in [7, 11) is 4.52. The Labute approximate surface area is 170 Å². The second-order valence-electron chi connectivity index (χ2n) is 5.64. The van der Waals surface area contributed by atoms with Crippen molar-refractivity contribution in [2.75, 3.05) is 21.3 Å². The zero-order valence-corrected chi connectivity index (χ0v) is 16.6. The van der Waals surface area contributed by atoms with Gasteiger partial charge in [-0.3, -0.25) is 10.1 Å². The van der Waals surface area contributed by atoms with Crippen molar-refractivity contribution in [2.45, 2.75) is 0 Å². The minimum absolute atomic E-state index is 0.0689. The second kappa shape index (κ2) is 8.52. The molecule has 0 saturated carbocycles. The van der Waals surface area contributed by atoms with Gasteiger partial charge in [-0.1, -0.05) is 12.1 Å². The quantitative estimate of drug-likeness (QED) is 0.272. The maximum absolute atomic E-state index is 11.2. The van der Waals surface area contributed by atoms with E-state index in [9.17, 15) is 10.1 Å². The van der Waals surface area contributed by atoms with Crippen molar-refractivity contribution < 1.29 is 19.1 Å². The molecule has 1 aromatic heterocycles. The Morgan fingerprint density at radius 2 is 1.83 bits per heavy atom. The highest BCUT2D eigenvalue weighted by atomic mass is 32.1. The molecule has 0 radical (unpaired) electrons. The standard InChI is InChI=1S/C18H17N5O5S/c1-26-14-8-12(9-15(27-2)16(14)28-3)17-20-21-18(29)22(17)19-10-11-6-4-5-7-13(11)23(24)25/h4-10H,1-3H3,(H,21,29)/b19-10-. The summed E-state index contributed by atoms with van der Waals surface area (Å²) in [5.41, 5.74) is 0.851. The van der Waals surface area contributed by atoms with Gasteiger partial charge in [0.15, 0.2) is 17.3 Å². The summed E-state index contributed by atoms with van der Waals surface area (Å²) >= 11 is 5.25. The van der Waals surface area contributed by atoms with Gasteiger partial charge in [-0.05, 0) is 30.4 Å². The Kier molecular flexibility index (Phi) is 5.88. The van der Waals surface area contributed by atoms with Crippen molar-refractivity contribution in [2.24, 2.45) is 5.10 Å². The largest absolute Gasteiger partial charge is 0.493 e. The molecule has 3 aromatic rings. The number of methoxy groups -OCH3 is 3. The number of nitrogens with zero attached hydrogens (tertiary/aromatic N) is 4. The lowest BCUT2D eigenvalue weighted by Crippen LogP contribution is -2.00. The molecular formula is C18H17N5O5S. The number of nitro benzene ring substituents is 1. The third-order valence-corrected chi connectivity index (χ3v) is 4.28. The molecule has 10 nitrogen and oxygen atoms in total. The lowest BCUT2D eigenvalue weighted by atomic mass is 10.1. The Morgan fingerprint density at radius 3 is 2.41 bits per heavy atom. The van der Waals surface area contributed by atoms with Crippen LogP contribution in [0.2, 0.25) is 0 Å². The van der Waals surface area contributed by atoms with Gasteiger partial charge in [-0.15, -0.1) is 0 Å². The first kappa shape index (κ1) is 20.0. The minimum Gasteiger partial charge on any atom is -0.493 e. The summed E-state index contributed by atoms with van der Waals surface area (Å²) in [6.07, 6.45) is 1.35. The first-order valence-electron chi connectivity index (χ1n) is 8.25. The lowest BCUT2D eigenvalue weighted by Gasteiger charge is -2.13. The highest BCUT2D eigenvalue weighted by molar-refractivity contribution is 7.71. The molecule has 0 aliphatic rings. The van der Waals surface area contributed by atoms with Crippen LogP contribution in [0.5, 0.6) is 17.2 Å². The molecule has 0 spiro atoms. The van der Waals surface area contributed by atoms with Crippen LogP contribution in [0.25, 0.3) is 11.4 Å². The molecule has 1 N–H and O–H groups in total. The lowest BCUT2D eigenvalue weighted by molar-refractivity contribution is -0.385.